The highest BCUT2D eigenvalue weighted by Crippen LogP contribution is 2.18. The highest BCUT2D eigenvalue weighted by molar-refractivity contribution is 7.86. The minimum atomic E-state index is -3.65. The van der Waals surface area contributed by atoms with Crippen molar-refractivity contribution in [1.82, 2.24) is 9.21 Å². The topological polar surface area (TPSA) is 110 Å². The molecule has 0 spiro atoms. The number of piperazine rings is 1. The smallest absolute Gasteiger partial charge is 0.277 e. The fourth-order valence-electron chi connectivity index (χ4n) is 1.66. The van der Waals surface area contributed by atoms with E-state index in [9.17, 15) is 13.2 Å². The summed E-state index contributed by atoms with van der Waals surface area (Å²) in [4.78, 5) is 13.7. The first-order valence-corrected chi connectivity index (χ1v) is 6.96. The van der Waals surface area contributed by atoms with Crippen molar-refractivity contribution in [3.05, 3.63) is 0 Å². The van der Waals surface area contributed by atoms with Crippen LogP contribution in [0.1, 0.15) is 13.8 Å². The highest BCUT2D eigenvalue weighted by Gasteiger charge is 2.33. The maximum atomic E-state index is 12.1. The zero-order valence-corrected chi connectivity index (χ0v) is 11.0. The predicted octanol–water partition coefficient (Wildman–Crippen LogP) is -1.68. The third-order valence-electron chi connectivity index (χ3n) is 2.98. The van der Waals surface area contributed by atoms with Gasteiger partial charge in [-0.1, -0.05) is 0 Å². The summed E-state index contributed by atoms with van der Waals surface area (Å²) in [5, 5.41) is 5.02. The van der Waals surface area contributed by atoms with Gasteiger partial charge in [-0.05, 0) is 13.8 Å². The molecule has 0 saturated carbocycles. The molecule has 17 heavy (non-hydrogen) atoms. The van der Waals surface area contributed by atoms with Crippen LogP contribution in [0.25, 0.3) is 0 Å². The van der Waals surface area contributed by atoms with Crippen molar-refractivity contribution in [2.45, 2.75) is 13.8 Å². The van der Waals surface area contributed by atoms with Crippen LogP contribution in [0.5, 0.6) is 0 Å². The molecule has 1 amide bonds. The Balaban J connectivity index is 2.62. The maximum Gasteiger partial charge on any atom is 0.277 e. The van der Waals surface area contributed by atoms with E-state index in [-0.39, 0.29) is 25.5 Å². The molecule has 1 aliphatic heterocycles. The van der Waals surface area contributed by atoms with Gasteiger partial charge in [-0.2, -0.15) is 12.7 Å². The first-order valence-electron chi connectivity index (χ1n) is 5.46. The first-order chi connectivity index (χ1) is 7.68. The third kappa shape index (κ3) is 3.38. The van der Waals surface area contributed by atoms with Gasteiger partial charge in [-0.25, -0.2) is 5.14 Å². The van der Waals surface area contributed by atoms with E-state index in [1.165, 1.54) is 4.31 Å². The van der Waals surface area contributed by atoms with E-state index in [1.807, 2.05) is 0 Å². The van der Waals surface area contributed by atoms with E-state index in [2.05, 4.69) is 0 Å². The van der Waals surface area contributed by atoms with Crippen LogP contribution in [-0.4, -0.2) is 56.3 Å². The second-order valence-corrected chi connectivity index (χ2v) is 6.37. The van der Waals surface area contributed by atoms with E-state index >= 15 is 0 Å². The van der Waals surface area contributed by atoms with Crippen molar-refractivity contribution in [3.63, 3.8) is 0 Å². The minimum Gasteiger partial charge on any atom is -0.340 e. The van der Waals surface area contributed by atoms with Crippen LogP contribution in [-0.2, 0) is 15.0 Å². The molecule has 0 aromatic rings. The molecule has 1 heterocycles. The average molecular weight is 264 g/mol. The van der Waals surface area contributed by atoms with Crippen LogP contribution in [0.4, 0.5) is 0 Å². The summed E-state index contributed by atoms with van der Waals surface area (Å²) in [5.74, 6) is -0.0472. The summed E-state index contributed by atoms with van der Waals surface area (Å²) in [5.41, 5.74) is 4.93. The van der Waals surface area contributed by atoms with Gasteiger partial charge in [0.25, 0.3) is 10.2 Å². The van der Waals surface area contributed by atoms with Crippen molar-refractivity contribution in [2.24, 2.45) is 16.3 Å². The van der Waals surface area contributed by atoms with Crippen LogP contribution in [0.3, 0.4) is 0 Å². The van der Waals surface area contributed by atoms with Gasteiger partial charge in [0.2, 0.25) is 5.91 Å². The summed E-state index contributed by atoms with van der Waals surface area (Å²) in [6.07, 6.45) is 0. The van der Waals surface area contributed by atoms with Crippen molar-refractivity contribution in [1.29, 1.82) is 0 Å². The average Bonchev–Trinajstić information content (AvgIpc) is 2.27. The molecule has 100 valence electrons. The zero-order chi connectivity index (χ0) is 13.3. The Morgan fingerprint density at radius 3 is 2.06 bits per heavy atom. The number of nitrogens with two attached hydrogens (primary N) is 2. The normalized spacial score (nSPS) is 19.4. The number of rotatable bonds is 3. The molecule has 0 atom stereocenters. The molecule has 1 rings (SSSR count). The SMILES string of the molecule is CC(C)(CN)C(=O)N1CCN(S(N)(=O)=O)CC1. The largest absolute Gasteiger partial charge is 0.340 e. The van der Waals surface area contributed by atoms with Gasteiger partial charge in [-0.15, -0.1) is 0 Å². The summed E-state index contributed by atoms with van der Waals surface area (Å²) in [6, 6.07) is 0. The Hall–Kier alpha value is -0.700. The molecular weight excluding hydrogens is 244 g/mol. The van der Waals surface area contributed by atoms with Crippen molar-refractivity contribution in [2.75, 3.05) is 32.7 Å². The van der Waals surface area contributed by atoms with Gasteiger partial charge in [0.1, 0.15) is 0 Å². The lowest BCUT2D eigenvalue weighted by molar-refractivity contribution is -0.141. The Bertz CT molecular complexity index is 385. The van der Waals surface area contributed by atoms with Crippen molar-refractivity contribution >= 4 is 16.1 Å². The molecule has 0 aromatic heterocycles. The Morgan fingerprint density at radius 1 is 1.24 bits per heavy atom. The van der Waals surface area contributed by atoms with Crippen LogP contribution in [0, 0.1) is 5.41 Å². The monoisotopic (exact) mass is 264 g/mol. The molecule has 1 aliphatic rings. The number of hydrogen-bond acceptors (Lipinski definition) is 4. The Kier molecular flexibility index (Phi) is 4.13. The number of carbonyl (C=O) groups excluding carboxylic acids is 1. The fourth-order valence-corrected chi connectivity index (χ4v) is 2.33. The predicted molar refractivity (Wildman–Crippen MR) is 64.1 cm³/mol. The van der Waals surface area contributed by atoms with Gasteiger partial charge >= 0.3 is 0 Å². The van der Waals surface area contributed by atoms with E-state index in [1.54, 1.807) is 18.7 Å². The number of nitrogens with zero attached hydrogens (tertiary/aromatic N) is 2. The standard InChI is InChI=1S/C9H20N4O3S/c1-9(2,7-10)8(14)12-3-5-13(6-4-12)17(11,15)16/h3-7,10H2,1-2H3,(H2,11,15,16). The third-order valence-corrected chi connectivity index (χ3v) is 4.06. The van der Waals surface area contributed by atoms with Crippen molar-refractivity contribution < 1.29 is 13.2 Å². The van der Waals surface area contributed by atoms with Crippen molar-refractivity contribution in [3.8, 4) is 0 Å². The van der Waals surface area contributed by atoms with E-state index in [0.717, 1.165) is 0 Å². The molecule has 7 nitrogen and oxygen atoms in total. The van der Waals surface area contributed by atoms with Gasteiger partial charge < -0.3 is 10.6 Å². The Morgan fingerprint density at radius 2 is 1.71 bits per heavy atom. The zero-order valence-electron chi connectivity index (χ0n) is 10.2. The molecular formula is C9H20N4O3S. The lowest BCUT2D eigenvalue weighted by Gasteiger charge is -2.37. The van der Waals surface area contributed by atoms with Gasteiger partial charge in [0.15, 0.2) is 0 Å². The van der Waals surface area contributed by atoms with Crippen LogP contribution >= 0.6 is 0 Å². The lowest BCUT2D eigenvalue weighted by Crippen LogP contribution is -2.55. The lowest BCUT2D eigenvalue weighted by atomic mass is 9.91. The maximum absolute atomic E-state index is 12.1. The molecule has 8 heteroatoms. The number of amides is 1. The summed E-state index contributed by atoms with van der Waals surface area (Å²) in [7, 11) is -3.65. The van der Waals surface area contributed by atoms with E-state index in [0.29, 0.717) is 13.1 Å². The van der Waals surface area contributed by atoms with Gasteiger partial charge in [0.05, 0.1) is 5.41 Å². The number of hydrogen-bond donors (Lipinski definition) is 2. The molecule has 0 bridgehead atoms. The second-order valence-electron chi connectivity index (χ2n) is 4.82. The van der Waals surface area contributed by atoms with Crippen LogP contribution < -0.4 is 10.9 Å². The van der Waals surface area contributed by atoms with Crippen LogP contribution in [0.15, 0.2) is 0 Å². The molecule has 0 aromatic carbocycles. The molecule has 0 unspecified atom stereocenters. The van der Waals surface area contributed by atoms with E-state index in [4.69, 9.17) is 10.9 Å². The van der Waals surface area contributed by atoms with Crippen LogP contribution in [0.2, 0.25) is 0 Å². The second kappa shape index (κ2) is 4.89. The summed E-state index contributed by atoms with van der Waals surface area (Å²) in [6.45, 7) is 5.03. The quantitative estimate of drug-likeness (QED) is 0.634. The molecule has 0 radical (unpaired) electrons. The van der Waals surface area contributed by atoms with Gasteiger partial charge in [-0.3, -0.25) is 4.79 Å². The highest BCUT2D eigenvalue weighted by atomic mass is 32.2. The Labute approximate surface area is 102 Å². The molecule has 0 aliphatic carbocycles. The number of carbonyl (C=O) groups is 1. The molecule has 1 fully saturated rings. The minimum absolute atomic E-state index is 0.0472. The fraction of sp³-hybridized carbons (Fsp3) is 0.889. The summed E-state index contributed by atoms with van der Waals surface area (Å²) >= 11 is 0. The summed E-state index contributed by atoms with van der Waals surface area (Å²) < 4.78 is 23.4. The van der Waals surface area contributed by atoms with Gasteiger partial charge in [0, 0.05) is 32.7 Å². The molecule has 1 saturated heterocycles. The van der Waals surface area contributed by atoms with E-state index < -0.39 is 15.6 Å². The first kappa shape index (κ1) is 14.4. The molecule has 4 N–H and O–H groups in total.